The average molecular weight is 134 g/mol. The first-order valence-corrected chi connectivity index (χ1v) is 3.56. The number of ether oxygens (including phenoxy) is 1. The number of hydrogen-bond acceptors (Lipinski definition) is 1. The van der Waals surface area contributed by atoms with Crippen LogP contribution in [-0.4, -0.2) is 28.6 Å². The van der Waals surface area contributed by atoms with E-state index >= 15 is 0 Å². The maximum atomic E-state index is 8.74. The van der Waals surface area contributed by atoms with Gasteiger partial charge in [-0.1, -0.05) is 0 Å². The van der Waals surface area contributed by atoms with Crippen LogP contribution in [0.2, 0.25) is 0 Å². The van der Waals surface area contributed by atoms with Crippen LogP contribution >= 0.6 is 11.4 Å². The zero-order chi connectivity index (χ0) is 5.98. The van der Waals surface area contributed by atoms with Crippen molar-refractivity contribution in [2.24, 2.45) is 0 Å². The molecule has 2 nitrogen and oxygen atoms in total. The van der Waals surface area contributed by atoms with E-state index in [0.29, 0.717) is 10.3 Å². The second-order valence-electron chi connectivity index (χ2n) is 1.87. The van der Waals surface area contributed by atoms with Crippen LogP contribution in [0.1, 0.15) is 6.92 Å². The number of aliphatic hydroxyl groups excluding tert-OH is 1. The SMILES string of the molecule is CC(O)=[SH]C1COC1. The van der Waals surface area contributed by atoms with Gasteiger partial charge in [0.1, 0.15) is 0 Å². The Balaban J connectivity index is 2.27. The molecule has 1 fully saturated rings. The summed E-state index contributed by atoms with van der Waals surface area (Å²) in [5.74, 6) is 0. The van der Waals surface area contributed by atoms with Gasteiger partial charge in [-0.2, -0.15) is 11.4 Å². The van der Waals surface area contributed by atoms with E-state index in [2.05, 4.69) is 0 Å². The molecule has 1 saturated heterocycles. The van der Waals surface area contributed by atoms with Crippen LogP contribution in [0.25, 0.3) is 0 Å². The molecule has 0 amide bonds. The van der Waals surface area contributed by atoms with Gasteiger partial charge in [0.2, 0.25) is 0 Å². The molecule has 1 aliphatic heterocycles. The molecular formula is C5H10O2S. The molecule has 0 radical (unpaired) electrons. The van der Waals surface area contributed by atoms with Gasteiger partial charge in [0.05, 0.1) is 18.3 Å². The predicted molar refractivity (Wildman–Crippen MR) is 36.9 cm³/mol. The second kappa shape index (κ2) is 2.62. The summed E-state index contributed by atoms with van der Waals surface area (Å²) in [6.07, 6.45) is 0. The molecule has 0 unspecified atom stereocenters. The van der Waals surface area contributed by atoms with Crippen molar-refractivity contribution in [3.8, 4) is 0 Å². The van der Waals surface area contributed by atoms with E-state index in [1.807, 2.05) is 0 Å². The molecule has 0 bridgehead atoms. The summed E-state index contributed by atoms with van der Waals surface area (Å²) < 4.78 is 4.90. The molecule has 8 heavy (non-hydrogen) atoms. The standard InChI is InChI=1S/C5H10O2S/c1-4(6)8-5-2-7-3-5/h5-6,8H,2-3H2,1H3. The smallest absolute Gasteiger partial charge is 0.0668 e. The molecule has 1 aliphatic rings. The highest BCUT2D eigenvalue weighted by molar-refractivity contribution is 7.99. The van der Waals surface area contributed by atoms with Crippen LogP contribution in [-0.2, 0) is 4.74 Å². The van der Waals surface area contributed by atoms with Gasteiger partial charge in [-0.25, -0.2) is 0 Å². The largest absolute Gasteiger partial charge is 0.379 e. The number of aliphatic hydroxyl groups is 1. The Hall–Kier alpha value is 0.140. The molecule has 0 spiro atoms. The highest BCUT2D eigenvalue weighted by Crippen LogP contribution is 2.12. The van der Waals surface area contributed by atoms with E-state index in [1.165, 1.54) is 0 Å². The highest BCUT2D eigenvalue weighted by Gasteiger charge is 2.14. The van der Waals surface area contributed by atoms with Crippen LogP contribution in [0, 0.1) is 0 Å². The van der Waals surface area contributed by atoms with Crippen LogP contribution in [0.4, 0.5) is 0 Å². The summed E-state index contributed by atoms with van der Waals surface area (Å²) in [6, 6.07) is 0. The number of thiol groups is 1. The van der Waals surface area contributed by atoms with Crippen molar-refractivity contribution in [3.63, 3.8) is 0 Å². The zero-order valence-electron chi connectivity index (χ0n) is 4.79. The summed E-state index contributed by atoms with van der Waals surface area (Å²) in [5.41, 5.74) is 0. The summed E-state index contributed by atoms with van der Waals surface area (Å²) in [7, 11) is 0. The Bertz CT molecular complexity index is 103. The second-order valence-corrected chi connectivity index (χ2v) is 3.50. The van der Waals surface area contributed by atoms with E-state index in [4.69, 9.17) is 9.84 Å². The van der Waals surface area contributed by atoms with E-state index in [-0.39, 0.29) is 0 Å². The van der Waals surface area contributed by atoms with Gasteiger partial charge in [0.25, 0.3) is 0 Å². The zero-order valence-corrected chi connectivity index (χ0v) is 5.69. The molecule has 3 heteroatoms. The van der Waals surface area contributed by atoms with Crippen LogP contribution in [0.5, 0.6) is 0 Å². The fraction of sp³-hybridized carbons (Fsp3) is 0.800. The van der Waals surface area contributed by atoms with Gasteiger partial charge in [-0.15, -0.1) is 0 Å². The first kappa shape index (κ1) is 6.26. The number of hydrogen-bond donors (Lipinski definition) is 2. The molecule has 1 N–H and O–H groups in total. The maximum absolute atomic E-state index is 8.74. The lowest BCUT2D eigenvalue weighted by molar-refractivity contribution is 0.0461. The maximum Gasteiger partial charge on any atom is 0.0668 e. The molecule has 0 aliphatic carbocycles. The molecule has 0 aromatic heterocycles. The van der Waals surface area contributed by atoms with Crippen molar-refractivity contribution in [2.45, 2.75) is 12.2 Å². The lowest BCUT2D eigenvalue weighted by atomic mass is 10.4. The quantitative estimate of drug-likeness (QED) is 0.405. The molecule has 0 atom stereocenters. The van der Waals surface area contributed by atoms with Gasteiger partial charge in [-0.05, 0) is 6.92 Å². The third-order valence-electron chi connectivity index (χ3n) is 0.990. The topological polar surface area (TPSA) is 29.5 Å². The molecule has 0 aromatic rings. The predicted octanol–water partition coefficient (Wildman–Crippen LogP) is 0.558. The monoisotopic (exact) mass is 134 g/mol. The summed E-state index contributed by atoms with van der Waals surface area (Å²) in [5, 5.41) is 9.80. The third-order valence-corrected chi connectivity index (χ3v) is 2.03. The summed E-state index contributed by atoms with van der Waals surface area (Å²) in [4.78, 5) is 0. The van der Waals surface area contributed by atoms with Crippen molar-refractivity contribution in [2.75, 3.05) is 13.2 Å². The minimum atomic E-state index is 0.498. The first-order valence-electron chi connectivity index (χ1n) is 2.60. The molecule has 0 aromatic carbocycles. The van der Waals surface area contributed by atoms with Crippen LogP contribution < -0.4 is 0 Å². The molecule has 1 heterocycles. The Labute approximate surface area is 52.4 Å². The fourth-order valence-corrected chi connectivity index (χ4v) is 1.45. The van der Waals surface area contributed by atoms with Crippen molar-refractivity contribution in [1.82, 2.24) is 0 Å². The Morgan fingerprint density at radius 1 is 1.75 bits per heavy atom. The summed E-state index contributed by atoms with van der Waals surface area (Å²) in [6.45, 7) is 3.36. The Morgan fingerprint density at radius 2 is 2.38 bits per heavy atom. The van der Waals surface area contributed by atoms with Gasteiger partial charge in [0, 0.05) is 5.25 Å². The van der Waals surface area contributed by atoms with Crippen LogP contribution in [0.3, 0.4) is 0 Å². The van der Waals surface area contributed by atoms with Crippen molar-refractivity contribution in [1.29, 1.82) is 0 Å². The lowest BCUT2D eigenvalue weighted by Gasteiger charge is -2.22. The van der Waals surface area contributed by atoms with Crippen molar-refractivity contribution >= 4 is 16.4 Å². The molecular weight excluding hydrogens is 124 g/mol. The van der Waals surface area contributed by atoms with Crippen molar-refractivity contribution in [3.05, 3.63) is 0 Å². The first-order chi connectivity index (χ1) is 3.79. The Morgan fingerprint density at radius 3 is 2.50 bits per heavy atom. The van der Waals surface area contributed by atoms with E-state index in [1.54, 1.807) is 6.92 Å². The molecule has 48 valence electrons. The average Bonchev–Trinajstić information content (AvgIpc) is 1.55. The minimum absolute atomic E-state index is 0.498. The van der Waals surface area contributed by atoms with E-state index in [0.717, 1.165) is 24.6 Å². The highest BCUT2D eigenvalue weighted by atomic mass is 32.1. The van der Waals surface area contributed by atoms with E-state index in [9.17, 15) is 0 Å². The Kier molecular flexibility index (Phi) is 2.05. The normalized spacial score (nSPS) is 24.0. The number of rotatable bonds is 1. The van der Waals surface area contributed by atoms with Gasteiger partial charge < -0.3 is 9.84 Å². The minimum Gasteiger partial charge on any atom is -0.379 e. The third kappa shape index (κ3) is 1.58. The summed E-state index contributed by atoms with van der Waals surface area (Å²) >= 11 is 1.04. The van der Waals surface area contributed by atoms with Crippen molar-refractivity contribution < 1.29 is 9.84 Å². The van der Waals surface area contributed by atoms with Gasteiger partial charge in [0.15, 0.2) is 0 Å². The lowest BCUT2D eigenvalue weighted by Crippen LogP contribution is -2.29. The molecule has 1 rings (SSSR count). The van der Waals surface area contributed by atoms with Gasteiger partial charge in [-0.3, -0.25) is 0 Å². The van der Waals surface area contributed by atoms with Crippen LogP contribution in [0.15, 0.2) is 0 Å². The molecule has 0 saturated carbocycles. The van der Waals surface area contributed by atoms with Gasteiger partial charge >= 0.3 is 0 Å². The van der Waals surface area contributed by atoms with E-state index < -0.39 is 0 Å². The fourth-order valence-electron chi connectivity index (χ4n) is 0.562.